The maximum absolute atomic E-state index is 13.1. The van der Waals surface area contributed by atoms with Gasteiger partial charge in [-0.05, 0) is 59.9 Å². The first-order valence-electron chi connectivity index (χ1n) is 19.0. The van der Waals surface area contributed by atoms with Gasteiger partial charge < -0.3 is 19.5 Å². The fraction of sp³-hybridized carbons (Fsp3) is 0.455. The van der Waals surface area contributed by atoms with Gasteiger partial charge in [-0.2, -0.15) is 5.26 Å². The average Bonchev–Trinajstić information content (AvgIpc) is 3.17. The number of amides is 1. The lowest BCUT2D eigenvalue weighted by Gasteiger charge is -2.21. The van der Waals surface area contributed by atoms with Gasteiger partial charge in [0.15, 0.2) is 0 Å². The van der Waals surface area contributed by atoms with E-state index >= 15 is 0 Å². The van der Waals surface area contributed by atoms with Crippen LogP contribution >= 0.6 is 0 Å². The molecular formula is C44H56N2O6. The molecule has 278 valence electrons. The molecule has 0 aliphatic carbocycles. The Morgan fingerprint density at radius 1 is 0.788 bits per heavy atom. The molecule has 0 saturated carbocycles. The number of ether oxygens (including phenoxy) is 3. The maximum atomic E-state index is 13.1. The number of methoxy groups -OCH3 is 1. The van der Waals surface area contributed by atoms with Crippen molar-refractivity contribution in [2.24, 2.45) is 5.92 Å². The fourth-order valence-corrected chi connectivity index (χ4v) is 5.86. The van der Waals surface area contributed by atoms with Crippen LogP contribution in [0.5, 0.6) is 11.5 Å². The third kappa shape index (κ3) is 14.0. The lowest BCUT2D eigenvalue weighted by atomic mass is 9.98. The van der Waals surface area contributed by atoms with Gasteiger partial charge in [0.25, 0.3) is 5.91 Å². The summed E-state index contributed by atoms with van der Waals surface area (Å²) in [7, 11) is 1.25. The minimum absolute atomic E-state index is 0.178. The highest BCUT2D eigenvalue weighted by molar-refractivity contribution is 6.03. The Balaban J connectivity index is 1.50. The number of hydrogen-bond donors (Lipinski definition) is 1. The van der Waals surface area contributed by atoms with Crippen molar-refractivity contribution in [3.63, 3.8) is 0 Å². The number of unbranched alkanes of at least 4 members (excludes halogenated alkanes) is 11. The second-order valence-electron chi connectivity index (χ2n) is 13.3. The molecule has 52 heavy (non-hydrogen) atoms. The molecule has 0 bridgehead atoms. The molecule has 0 aliphatic heterocycles. The smallest absolute Gasteiger partial charge is 0.343 e. The van der Waals surface area contributed by atoms with Gasteiger partial charge >= 0.3 is 11.9 Å². The SMILES string of the molecule is CCCCCCCCCCCCCCOc1ccc(-c2ccccc2OC(=O)c2ccc(C=C(C#N)C(=O)N[C@H](C(=O)OC)[C@@H](C)CC)cc2)cc1. The summed E-state index contributed by atoms with van der Waals surface area (Å²) in [6, 6.07) is 22.6. The predicted molar refractivity (Wildman–Crippen MR) is 207 cm³/mol. The molecule has 0 fully saturated rings. The molecule has 1 amide bonds. The molecule has 0 radical (unpaired) electrons. The Bertz CT molecular complexity index is 1610. The zero-order valence-corrected chi connectivity index (χ0v) is 31.5. The van der Waals surface area contributed by atoms with E-state index in [0.717, 1.165) is 23.3 Å². The first-order valence-corrected chi connectivity index (χ1v) is 19.0. The molecule has 8 nitrogen and oxygen atoms in total. The number of hydrogen-bond acceptors (Lipinski definition) is 7. The lowest BCUT2D eigenvalue weighted by molar-refractivity contribution is -0.146. The highest BCUT2D eigenvalue weighted by Crippen LogP contribution is 2.32. The molecule has 3 aromatic rings. The van der Waals surface area contributed by atoms with E-state index < -0.39 is 23.9 Å². The van der Waals surface area contributed by atoms with Crippen molar-refractivity contribution in [2.45, 2.75) is 110 Å². The second kappa shape index (κ2) is 23.6. The highest BCUT2D eigenvalue weighted by Gasteiger charge is 2.27. The van der Waals surface area contributed by atoms with E-state index in [2.05, 4.69) is 12.2 Å². The zero-order valence-electron chi connectivity index (χ0n) is 31.5. The van der Waals surface area contributed by atoms with Gasteiger partial charge in [0.05, 0.1) is 19.3 Å². The second-order valence-corrected chi connectivity index (χ2v) is 13.3. The Morgan fingerprint density at radius 2 is 1.38 bits per heavy atom. The van der Waals surface area contributed by atoms with Crippen LogP contribution in [0.25, 0.3) is 17.2 Å². The Labute approximate surface area is 310 Å². The number of nitrogens with one attached hydrogen (secondary N) is 1. The van der Waals surface area contributed by atoms with Gasteiger partial charge in [0, 0.05) is 5.56 Å². The standard InChI is InChI=1S/C44H56N2O6/c1-5-7-8-9-10-11-12-13-14-15-16-19-30-51-38-28-26-35(27-29-38)39-20-17-18-21-40(39)52-43(48)36-24-22-34(23-25-36)31-37(32-45)42(47)46-41(33(3)6-2)44(49)50-4/h17-18,20-29,31,33,41H,5-16,19,30H2,1-4H3,(H,46,47)/t33-,41-/m0/s1. The van der Waals surface area contributed by atoms with Crippen LogP contribution in [0.2, 0.25) is 0 Å². The summed E-state index contributed by atoms with van der Waals surface area (Å²) < 4.78 is 16.6. The van der Waals surface area contributed by atoms with Gasteiger partial charge in [-0.25, -0.2) is 9.59 Å². The summed E-state index contributed by atoms with van der Waals surface area (Å²) in [6.45, 7) is 6.67. The highest BCUT2D eigenvalue weighted by atomic mass is 16.5. The van der Waals surface area contributed by atoms with E-state index in [4.69, 9.17) is 14.2 Å². The van der Waals surface area contributed by atoms with Crippen LogP contribution in [0.15, 0.2) is 78.4 Å². The minimum Gasteiger partial charge on any atom is -0.494 e. The first kappa shape index (κ1) is 41.5. The van der Waals surface area contributed by atoms with Gasteiger partial charge in [-0.3, -0.25) is 4.79 Å². The van der Waals surface area contributed by atoms with Crippen molar-refractivity contribution in [3.05, 3.63) is 89.5 Å². The van der Waals surface area contributed by atoms with Crippen LogP contribution < -0.4 is 14.8 Å². The molecule has 2 atom stereocenters. The first-order chi connectivity index (χ1) is 25.3. The van der Waals surface area contributed by atoms with Crippen molar-refractivity contribution in [2.75, 3.05) is 13.7 Å². The minimum atomic E-state index is -0.875. The van der Waals surface area contributed by atoms with Crippen molar-refractivity contribution in [3.8, 4) is 28.7 Å². The molecule has 0 saturated heterocycles. The van der Waals surface area contributed by atoms with E-state index in [-0.39, 0.29) is 11.5 Å². The van der Waals surface area contributed by atoms with Gasteiger partial charge in [-0.15, -0.1) is 0 Å². The largest absolute Gasteiger partial charge is 0.494 e. The van der Waals surface area contributed by atoms with E-state index in [1.807, 2.05) is 62.4 Å². The summed E-state index contributed by atoms with van der Waals surface area (Å²) in [6.07, 6.45) is 17.7. The van der Waals surface area contributed by atoms with E-state index in [1.54, 1.807) is 30.3 Å². The number of esters is 2. The Morgan fingerprint density at radius 3 is 1.96 bits per heavy atom. The molecule has 0 heterocycles. The summed E-state index contributed by atoms with van der Waals surface area (Å²) >= 11 is 0. The third-order valence-electron chi connectivity index (χ3n) is 9.30. The number of carbonyl (C=O) groups is 3. The number of benzene rings is 3. The van der Waals surface area contributed by atoms with Crippen molar-refractivity contribution in [1.29, 1.82) is 5.26 Å². The summed E-state index contributed by atoms with van der Waals surface area (Å²) in [5.74, 6) is -0.747. The molecule has 3 rings (SSSR count). The zero-order chi connectivity index (χ0) is 37.6. The molecule has 1 N–H and O–H groups in total. The summed E-state index contributed by atoms with van der Waals surface area (Å²) in [5.41, 5.74) is 2.33. The topological polar surface area (TPSA) is 115 Å². The van der Waals surface area contributed by atoms with Crippen LogP contribution in [-0.4, -0.2) is 37.6 Å². The van der Waals surface area contributed by atoms with Crippen LogP contribution in [0, 0.1) is 17.2 Å². The van der Waals surface area contributed by atoms with Crippen LogP contribution in [0.1, 0.15) is 120 Å². The Hall–Kier alpha value is -4.90. The van der Waals surface area contributed by atoms with E-state index in [9.17, 15) is 19.6 Å². The van der Waals surface area contributed by atoms with Crippen LogP contribution in [0.3, 0.4) is 0 Å². The molecule has 8 heteroatoms. The van der Waals surface area contributed by atoms with Crippen molar-refractivity contribution >= 4 is 23.9 Å². The van der Waals surface area contributed by atoms with Crippen molar-refractivity contribution < 1.29 is 28.6 Å². The fourth-order valence-electron chi connectivity index (χ4n) is 5.86. The molecule has 0 aromatic heterocycles. The quantitative estimate of drug-likeness (QED) is 0.0343. The van der Waals surface area contributed by atoms with Crippen LogP contribution in [-0.2, 0) is 14.3 Å². The third-order valence-corrected chi connectivity index (χ3v) is 9.30. The van der Waals surface area contributed by atoms with E-state index in [1.165, 1.54) is 83.8 Å². The predicted octanol–water partition coefficient (Wildman–Crippen LogP) is 10.3. The molecular weight excluding hydrogens is 652 g/mol. The Kier molecular flexibility index (Phi) is 18.8. The van der Waals surface area contributed by atoms with Crippen molar-refractivity contribution in [1.82, 2.24) is 5.32 Å². The maximum Gasteiger partial charge on any atom is 0.343 e. The monoisotopic (exact) mass is 708 g/mol. The molecule has 3 aromatic carbocycles. The van der Waals surface area contributed by atoms with Crippen LogP contribution in [0.4, 0.5) is 0 Å². The number of nitrogens with zero attached hydrogens (tertiary/aromatic N) is 1. The number of carbonyl (C=O) groups excluding carboxylic acids is 3. The van der Waals surface area contributed by atoms with Gasteiger partial charge in [0.1, 0.15) is 29.2 Å². The number of rotatable bonds is 23. The lowest BCUT2D eigenvalue weighted by Crippen LogP contribution is -2.46. The molecule has 0 aliphatic rings. The normalized spacial score (nSPS) is 12.3. The van der Waals surface area contributed by atoms with Gasteiger partial charge in [0.2, 0.25) is 0 Å². The summed E-state index contributed by atoms with van der Waals surface area (Å²) in [5, 5.41) is 12.3. The average molecular weight is 709 g/mol. The number of nitriles is 1. The van der Waals surface area contributed by atoms with E-state index in [0.29, 0.717) is 29.9 Å². The van der Waals surface area contributed by atoms with Gasteiger partial charge in [-0.1, -0.05) is 140 Å². The summed E-state index contributed by atoms with van der Waals surface area (Å²) in [4.78, 5) is 38.2. The number of para-hydroxylation sites is 1. The molecule has 0 spiro atoms. The molecule has 0 unspecified atom stereocenters.